The van der Waals surface area contributed by atoms with Crippen LogP contribution in [0.25, 0.3) is 0 Å². The quantitative estimate of drug-likeness (QED) is 0.0806. The molecule has 0 fully saturated rings. The lowest BCUT2D eigenvalue weighted by Gasteiger charge is -2.24. The second-order valence-corrected chi connectivity index (χ2v) is 9.91. The zero-order valence-corrected chi connectivity index (χ0v) is 24.3. The van der Waals surface area contributed by atoms with E-state index in [1.165, 1.54) is 38.5 Å². The molecule has 0 aliphatic heterocycles. The number of hydrogen-bond donors (Lipinski definition) is 1. The van der Waals surface area contributed by atoms with Gasteiger partial charge in [-0.1, -0.05) is 0 Å². The van der Waals surface area contributed by atoms with Crippen molar-refractivity contribution >= 4 is 41.9 Å². The van der Waals surface area contributed by atoms with Gasteiger partial charge in [-0.05, 0) is 36.4 Å². The van der Waals surface area contributed by atoms with Crippen LogP contribution < -0.4 is 14.4 Å². The van der Waals surface area contributed by atoms with Gasteiger partial charge in [0.05, 0.1) is 43.7 Å². The molecule has 16 heteroatoms. The first kappa shape index (κ1) is 32.2. The summed E-state index contributed by atoms with van der Waals surface area (Å²) in [6.07, 6.45) is 0. The number of nitro benzene ring substituents is 1. The fraction of sp³-hybridized carbons (Fsp3) is 0.308. The number of nitro groups is 1. The first-order chi connectivity index (χ1) is 20.2. The van der Waals surface area contributed by atoms with Gasteiger partial charge in [-0.3, -0.25) is 19.2 Å². The van der Waals surface area contributed by atoms with Crippen LogP contribution in [0.3, 0.4) is 0 Å². The summed E-state index contributed by atoms with van der Waals surface area (Å²) in [5.41, 5.74) is 2.50. The summed E-state index contributed by atoms with van der Waals surface area (Å²) >= 11 is 0. The molecule has 3 aromatic carbocycles. The van der Waals surface area contributed by atoms with Crippen molar-refractivity contribution in [2.24, 2.45) is 20.5 Å². The Labute approximate surface area is 242 Å². The minimum Gasteiger partial charge on any atom is -0.494 e. The van der Waals surface area contributed by atoms with Gasteiger partial charge in [0.1, 0.15) is 22.9 Å². The number of methoxy groups -OCH3 is 3. The Kier molecular flexibility index (Phi) is 12.0. The van der Waals surface area contributed by atoms with E-state index < -0.39 is 12.7 Å². The van der Waals surface area contributed by atoms with Gasteiger partial charge in [-0.2, -0.15) is 10.2 Å². The highest BCUT2D eigenvalue weighted by atomic mass is 31.2. The van der Waals surface area contributed by atoms with E-state index in [1.807, 2.05) is 17.0 Å². The largest absolute Gasteiger partial charge is 0.494 e. The lowest BCUT2D eigenvalue weighted by atomic mass is 10.2. The molecule has 3 rings (SSSR count). The molecular weight excluding hydrogens is 571 g/mol. The van der Waals surface area contributed by atoms with Crippen LogP contribution >= 0.6 is 7.82 Å². The Morgan fingerprint density at radius 2 is 1.31 bits per heavy atom. The lowest BCUT2D eigenvalue weighted by Crippen LogP contribution is -2.30. The fourth-order valence-electron chi connectivity index (χ4n) is 3.51. The van der Waals surface area contributed by atoms with Crippen molar-refractivity contribution in [2.45, 2.75) is 0 Å². The predicted octanol–water partition coefficient (Wildman–Crippen LogP) is 6.66. The normalized spacial score (nSPS) is 12.9. The summed E-state index contributed by atoms with van der Waals surface area (Å²) in [6.45, 7) is 1.25. The molecule has 3 aromatic rings. The molecule has 0 saturated carbocycles. The second-order valence-electron chi connectivity index (χ2n) is 8.35. The highest BCUT2D eigenvalue weighted by Crippen LogP contribution is 2.42. The minimum atomic E-state index is -4.07. The minimum absolute atomic E-state index is 0.0299. The van der Waals surface area contributed by atoms with Crippen molar-refractivity contribution in [3.05, 3.63) is 70.8 Å². The predicted molar refractivity (Wildman–Crippen MR) is 154 cm³/mol. The molecule has 1 atom stereocenters. The van der Waals surface area contributed by atoms with Crippen LogP contribution in [-0.2, 0) is 18.3 Å². The van der Waals surface area contributed by atoms with Gasteiger partial charge in [-0.25, -0.2) is 4.57 Å². The Balaban J connectivity index is 1.76. The smallest absolute Gasteiger partial charge is 0.471 e. The van der Waals surface area contributed by atoms with E-state index >= 15 is 0 Å². The van der Waals surface area contributed by atoms with Gasteiger partial charge in [-0.15, -0.1) is 10.2 Å². The third-order valence-electron chi connectivity index (χ3n) is 5.71. The summed E-state index contributed by atoms with van der Waals surface area (Å²) in [5.74, 6) is 0.736. The van der Waals surface area contributed by atoms with Crippen LogP contribution in [0.4, 0.5) is 34.1 Å². The third kappa shape index (κ3) is 9.39. The summed E-state index contributed by atoms with van der Waals surface area (Å²) in [5, 5.41) is 27.8. The molecule has 0 radical (unpaired) electrons. The number of azo groups is 2. The highest BCUT2D eigenvalue weighted by molar-refractivity contribution is 7.47. The Morgan fingerprint density at radius 3 is 1.76 bits per heavy atom. The third-order valence-corrected chi connectivity index (χ3v) is 6.68. The van der Waals surface area contributed by atoms with Crippen LogP contribution in [0.15, 0.2) is 81.1 Å². The van der Waals surface area contributed by atoms with E-state index in [1.54, 1.807) is 31.4 Å². The molecule has 1 unspecified atom stereocenters. The Hall–Kier alpha value is -4.27. The van der Waals surface area contributed by atoms with Crippen molar-refractivity contribution in [1.29, 1.82) is 0 Å². The maximum Gasteiger partial charge on any atom is 0.471 e. The Bertz CT molecular complexity index is 1440. The second kappa shape index (κ2) is 15.7. The van der Waals surface area contributed by atoms with E-state index in [0.29, 0.717) is 53.9 Å². The molecular formula is C26H31N6O9P. The average molecular weight is 603 g/mol. The first-order valence-electron chi connectivity index (χ1n) is 12.4. The van der Waals surface area contributed by atoms with E-state index in [0.717, 1.165) is 12.8 Å². The monoisotopic (exact) mass is 602 g/mol. The highest BCUT2D eigenvalue weighted by Gasteiger charge is 2.19. The lowest BCUT2D eigenvalue weighted by molar-refractivity contribution is -0.384. The van der Waals surface area contributed by atoms with Crippen molar-refractivity contribution in [1.82, 2.24) is 0 Å². The SMILES string of the molecule is COCCN(CCOP(=O)(O)OC)c1ccc(/N=N/c2cc(OC)c(/N=N/c3ccc([N+](=O)[O-])cc3)cc2OC)cc1. The van der Waals surface area contributed by atoms with E-state index in [4.69, 9.17) is 18.7 Å². The number of benzene rings is 3. The number of ether oxygens (including phenoxy) is 3. The van der Waals surface area contributed by atoms with Crippen molar-refractivity contribution < 1.29 is 37.6 Å². The zero-order valence-electron chi connectivity index (χ0n) is 23.4. The number of phosphoric ester groups is 1. The number of rotatable bonds is 16. The zero-order chi connectivity index (χ0) is 30.5. The molecule has 224 valence electrons. The molecule has 0 spiro atoms. The van der Waals surface area contributed by atoms with E-state index in [-0.39, 0.29) is 12.3 Å². The fourth-order valence-corrected chi connectivity index (χ4v) is 3.92. The summed E-state index contributed by atoms with van der Waals surface area (Å²) in [4.78, 5) is 21.7. The molecule has 0 aliphatic rings. The van der Waals surface area contributed by atoms with Crippen LogP contribution in [0.5, 0.6) is 11.5 Å². The first-order valence-corrected chi connectivity index (χ1v) is 13.9. The van der Waals surface area contributed by atoms with E-state index in [2.05, 4.69) is 25.0 Å². The van der Waals surface area contributed by atoms with Crippen LogP contribution in [0.2, 0.25) is 0 Å². The maximum absolute atomic E-state index is 11.6. The summed E-state index contributed by atoms with van der Waals surface area (Å²) in [7, 11) is 1.57. The van der Waals surface area contributed by atoms with Crippen molar-refractivity contribution in [3.63, 3.8) is 0 Å². The molecule has 0 heterocycles. The molecule has 42 heavy (non-hydrogen) atoms. The maximum atomic E-state index is 11.6. The molecule has 0 bridgehead atoms. The molecule has 15 nitrogen and oxygen atoms in total. The number of hydrogen-bond acceptors (Lipinski definition) is 13. The number of anilines is 1. The molecule has 1 N–H and O–H groups in total. The van der Waals surface area contributed by atoms with Gasteiger partial charge >= 0.3 is 7.82 Å². The molecule has 0 aliphatic carbocycles. The number of nitrogens with zero attached hydrogens (tertiary/aromatic N) is 6. The Morgan fingerprint density at radius 1 is 0.810 bits per heavy atom. The van der Waals surface area contributed by atoms with Crippen molar-refractivity contribution in [3.8, 4) is 11.5 Å². The number of non-ortho nitro benzene ring substituents is 1. The molecule has 0 amide bonds. The topological polar surface area (TPSA) is 179 Å². The summed E-state index contributed by atoms with van der Waals surface area (Å²) < 4.78 is 37.0. The van der Waals surface area contributed by atoms with Crippen LogP contribution in [0, 0.1) is 10.1 Å². The van der Waals surface area contributed by atoms with Crippen LogP contribution in [0.1, 0.15) is 0 Å². The average Bonchev–Trinajstić information content (AvgIpc) is 3.00. The van der Waals surface area contributed by atoms with Crippen molar-refractivity contribution in [2.75, 3.05) is 59.6 Å². The number of phosphoric acid groups is 1. The standard InChI is InChI=1S/C26H31N6O9P/c1-37-15-13-31(14-16-41-42(35,36)40-4)21-9-5-19(6-10-21)27-29-23-17-26(39-3)24(18-25(23)38-2)30-28-20-7-11-22(12-8-20)32(33)34/h5-12,17-18H,13-16H2,1-4H3,(H,35,36)/b29-27+,30-28+. The van der Waals surface area contributed by atoms with Gasteiger partial charge < -0.3 is 24.0 Å². The van der Waals surface area contributed by atoms with Crippen LogP contribution in [-0.4, -0.2) is 64.6 Å². The van der Waals surface area contributed by atoms with Gasteiger partial charge in [0.25, 0.3) is 5.69 Å². The molecule has 0 aromatic heterocycles. The molecule has 0 saturated heterocycles. The van der Waals surface area contributed by atoms with E-state index in [9.17, 15) is 19.6 Å². The van der Waals surface area contributed by atoms with Gasteiger partial charge in [0.15, 0.2) is 0 Å². The summed E-state index contributed by atoms with van der Waals surface area (Å²) in [6, 6.07) is 16.0. The van der Waals surface area contributed by atoms with Gasteiger partial charge in [0.2, 0.25) is 0 Å². The van der Waals surface area contributed by atoms with Gasteiger partial charge in [0, 0.05) is 57.3 Å².